The first-order chi connectivity index (χ1) is 7.59. The number of carbonyl (C=O) groups excluding carboxylic acids is 1. The fourth-order valence-corrected chi connectivity index (χ4v) is 3.11. The number of hydrogen-bond acceptors (Lipinski definition) is 2. The summed E-state index contributed by atoms with van der Waals surface area (Å²) in [4.78, 5) is 15.0. The van der Waals surface area contributed by atoms with Crippen LogP contribution in [0.4, 0.5) is 0 Å². The average molecular weight is 258 g/mol. The Morgan fingerprint density at radius 2 is 2.38 bits per heavy atom. The van der Waals surface area contributed by atoms with E-state index in [9.17, 15) is 4.79 Å². The third kappa shape index (κ3) is 2.25. The number of amides is 1. The number of piperidine rings is 1. The van der Waals surface area contributed by atoms with Gasteiger partial charge in [0.15, 0.2) is 0 Å². The number of rotatable bonds is 1. The van der Waals surface area contributed by atoms with Crippen LogP contribution in [0.5, 0.6) is 0 Å². The van der Waals surface area contributed by atoms with E-state index in [0.717, 1.165) is 30.0 Å². The Balaban J connectivity index is 2.09. The molecule has 2 nitrogen and oxygen atoms in total. The molecular formula is C12H16ClNOS. The predicted octanol–water partition coefficient (Wildman–Crippen LogP) is 3.15. The van der Waals surface area contributed by atoms with Crippen molar-refractivity contribution in [3.8, 4) is 0 Å². The number of aryl methyl sites for hydroxylation is 1. The van der Waals surface area contributed by atoms with Crippen LogP contribution in [-0.4, -0.2) is 29.3 Å². The molecule has 1 fully saturated rings. The zero-order valence-corrected chi connectivity index (χ0v) is 11.1. The topological polar surface area (TPSA) is 20.3 Å². The second kappa shape index (κ2) is 4.76. The third-order valence-electron chi connectivity index (χ3n) is 3.14. The number of halogens is 1. The maximum absolute atomic E-state index is 12.2. The molecule has 16 heavy (non-hydrogen) atoms. The molecule has 0 N–H and O–H groups in total. The highest BCUT2D eigenvalue weighted by molar-refractivity contribution is 7.12. The molecule has 0 aliphatic carbocycles. The molecule has 0 bridgehead atoms. The molecule has 2 atom stereocenters. The summed E-state index contributed by atoms with van der Waals surface area (Å²) in [5, 5.41) is 2.19. The largest absolute Gasteiger partial charge is 0.338 e. The van der Waals surface area contributed by atoms with Gasteiger partial charge in [-0.15, -0.1) is 22.9 Å². The zero-order valence-electron chi connectivity index (χ0n) is 9.57. The van der Waals surface area contributed by atoms with Crippen LogP contribution in [0.15, 0.2) is 11.4 Å². The van der Waals surface area contributed by atoms with Crippen molar-refractivity contribution in [2.75, 3.05) is 13.1 Å². The summed E-state index contributed by atoms with van der Waals surface area (Å²) in [6.07, 6.45) is 0.902. The van der Waals surface area contributed by atoms with Crippen molar-refractivity contribution in [1.29, 1.82) is 0 Å². The quantitative estimate of drug-likeness (QED) is 0.708. The number of carbonyl (C=O) groups is 1. The Morgan fingerprint density at radius 3 is 2.94 bits per heavy atom. The van der Waals surface area contributed by atoms with Gasteiger partial charge in [-0.3, -0.25) is 4.79 Å². The van der Waals surface area contributed by atoms with Gasteiger partial charge in [-0.1, -0.05) is 6.92 Å². The normalized spacial score (nSPS) is 25.8. The van der Waals surface area contributed by atoms with Crippen molar-refractivity contribution in [3.63, 3.8) is 0 Å². The lowest BCUT2D eigenvalue weighted by atomic mass is 9.99. The van der Waals surface area contributed by atoms with E-state index in [4.69, 9.17) is 11.6 Å². The first kappa shape index (κ1) is 11.9. The van der Waals surface area contributed by atoms with Crippen LogP contribution in [0.2, 0.25) is 0 Å². The SMILES string of the molecule is Cc1ccsc1C(=O)N1CCC(Cl)C(C)C1. The molecule has 0 saturated carbocycles. The zero-order chi connectivity index (χ0) is 11.7. The minimum atomic E-state index is 0.169. The molecule has 0 spiro atoms. The number of thiophene rings is 1. The molecule has 1 aromatic rings. The minimum Gasteiger partial charge on any atom is -0.338 e. The lowest BCUT2D eigenvalue weighted by molar-refractivity contribution is 0.0691. The first-order valence-corrected chi connectivity index (χ1v) is 6.88. The summed E-state index contributed by atoms with van der Waals surface area (Å²) < 4.78 is 0. The average Bonchev–Trinajstić information content (AvgIpc) is 2.67. The van der Waals surface area contributed by atoms with Gasteiger partial charge in [-0.05, 0) is 36.3 Å². The smallest absolute Gasteiger partial charge is 0.264 e. The van der Waals surface area contributed by atoms with E-state index < -0.39 is 0 Å². The Kier molecular flexibility index (Phi) is 3.55. The monoisotopic (exact) mass is 257 g/mol. The first-order valence-electron chi connectivity index (χ1n) is 5.57. The maximum Gasteiger partial charge on any atom is 0.264 e. The Bertz CT molecular complexity index is 390. The number of nitrogens with zero attached hydrogens (tertiary/aromatic N) is 1. The summed E-state index contributed by atoms with van der Waals surface area (Å²) in [5.74, 6) is 0.558. The lowest BCUT2D eigenvalue weighted by Crippen LogP contribution is -2.43. The van der Waals surface area contributed by atoms with Gasteiger partial charge in [-0.2, -0.15) is 0 Å². The van der Waals surface area contributed by atoms with Crippen molar-refractivity contribution in [2.24, 2.45) is 5.92 Å². The van der Waals surface area contributed by atoms with Gasteiger partial charge < -0.3 is 4.90 Å². The molecule has 0 radical (unpaired) electrons. The molecule has 1 saturated heterocycles. The Labute approximate surface area is 105 Å². The summed E-state index contributed by atoms with van der Waals surface area (Å²) in [6, 6.07) is 2.00. The Hall–Kier alpha value is -0.540. The van der Waals surface area contributed by atoms with Gasteiger partial charge in [0.25, 0.3) is 5.91 Å². The van der Waals surface area contributed by atoms with Gasteiger partial charge >= 0.3 is 0 Å². The summed E-state index contributed by atoms with van der Waals surface area (Å²) >= 11 is 7.69. The van der Waals surface area contributed by atoms with E-state index in [2.05, 4.69) is 6.92 Å². The van der Waals surface area contributed by atoms with E-state index in [1.54, 1.807) is 0 Å². The van der Waals surface area contributed by atoms with E-state index in [-0.39, 0.29) is 11.3 Å². The lowest BCUT2D eigenvalue weighted by Gasteiger charge is -2.34. The summed E-state index contributed by atoms with van der Waals surface area (Å²) in [7, 11) is 0. The van der Waals surface area contributed by atoms with Crippen LogP contribution >= 0.6 is 22.9 Å². The van der Waals surface area contributed by atoms with Crippen LogP contribution in [0.1, 0.15) is 28.6 Å². The molecule has 0 aromatic carbocycles. The fourth-order valence-electron chi connectivity index (χ4n) is 2.04. The van der Waals surface area contributed by atoms with Gasteiger partial charge in [0, 0.05) is 18.5 Å². The molecule has 1 aliphatic heterocycles. The highest BCUT2D eigenvalue weighted by Crippen LogP contribution is 2.25. The van der Waals surface area contributed by atoms with Crippen molar-refractivity contribution in [3.05, 3.63) is 21.9 Å². The molecule has 1 aliphatic rings. The molecular weight excluding hydrogens is 242 g/mol. The van der Waals surface area contributed by atoms with Crippen molar-refractivity contribution >= 4 is 28.8 Å². The Morgan fingerprint density at radius 1 is 1.62 bits per heavy atom. The minimum absolute atomic E-state index is 0.169. The van der Waals surface area contributed by atoms with Crippen molar-refractivity contribution in [1.82, 2.24) is 4.90 Å². The predicted molar refractivity (Wildman–Crippen MR) is 68.4 cm³/mol. The maximum atomic E-state index is 12.2. The van der Waals surface area contributed by atoms with Gasteiger partial charge in [-0.25, -0.2) is 0 Å². The molecule has 4 heteroatoms. The van der Waals surface area contributed by atoms with E-state index in [0.29, 0.717) is 5.92 Å². The number of hydrogen-bond donors (Lipinski definition) is 0. The van der Waals surface area contributed by atoms with Gasteiger partial charge in [0.05, 0.1) is 4.88 Å². The molecule has 1 amide bonds. The standard InChI is InChI=1S/C12H16ClNOS/c1-8-4-6-16-11(8)12(15)14-5-3-10(13)9(2)7-14/h4,6,9-10H,3,5,7H2,1-2H3. The third-order valence-corrected chi connectivity index (χ3v) is 4.80. The van der Waals surface area contributed by atoms with Gasteiger partial charge in [0.1, 0.15) is 0 Å². The number of alkyl halides is 1. The van der Waals surface area contributed by atoms with Gasteiger partial charge in [0.2, 0.25) is 0 Å². The van der Waals surface area contributed by atoms with E-state index >= 15 is 0 Å². The van der Waals surface area contributed by atoms with Crippen LogP contribution in [-0.2, 0) is 0 Å². The van der Waals surface area contributed by atoms with Crippen LogP contribution < -0.4 is 0 Å². The highest BCUT2D eigenvalue weighted by Gasteiger charge is 2.28. The molecule has 2 heterocycles. The number of likely N-dealkylation sites (tertiary alicyclic amines) is 1. The molecule has 88 valence electrons. The van der Waals surface area contributed by atoms with Crippen molar-refractivity contribution in [2.45, 2.75) is 25.6 Å². The summed E-state index contributed by atoms with van der Waals surface area (Å²) in [6.45, 7) is 5.67. The summed E-state index contributed by atoms with van der Waals surface area (Å²) in [5.41, 5.74) is 1.08. The van der Waals surface area contributed by atoms with Crippen LogP contribution in [0.25, 0.3) is 0 Å². The fraction of sp³-hybridized carbons (Fsp3) is 0.583. The van der Waals surface area contributed by atoms with E-state index in [1.807, 2.05) is 23.3 Å². The van der Waals surface area contributed by atoms with Crippen molar-refractivity contribution < 1.29 is 4.79 Å². The van der Waals surface area contributed by atoms with Crippen LogP contribution in [0.3, 0.4) is 0 Å². The molecule has 1 aromatic heterocycles. The van der Waals surface area contributed by atoms with E-state index in [1.165, 1.54) is 11.3 Å². The molecule has 2 rings (SSSR count). The second-order valence-electron chi connectivity index (χ2n) is 4.47. The van der Waals surface area contributed by atoms with Crippen LogP contribution in [0, 0.1) is 12.8 Å². The second-order valence-corrected chi connectivity index (χ2v) is 5.94. The highest BCUT2D eigenvalue weighted by atomic mass is 35.5. The molecule has 2 unspecified atom stereocenters.